The van der Waals surface area contributed by atoms with Crippen LogP contribution in [0.1, 0.15) is 22.4 Å². The molecule has 0 fully saturated rings. The maximum absolute atomic E-state index is 12.9. The molecule has 0 amide bonds. The van der Waals surface area contributed by atoms with E-state index in [0.29, 0.717) is 11.3 Å². The third-order valence-corrected chi connectivity index (χ3v) is 3.59. The highest BCUT2D eigenvalue weighted by atomic mass is 35.5. The lowest BCUT2D eigenvalue weighted by atomic mass is 10.1. The highest BCUT2D eigenvalue weighted by molar-refractivity contribution is 7.80. The van der Waals surface area contributed by atoms with Gasteiger partial charge in [0.25, 0.3) is 0 Å². The number of aromatic nitrogens is 3. The van der Waals surface area contributed by atoms with E-state index >= 15 is 0 Å². The van der Waals surface area contributed by atoms with Gasteiger partial charge in [0.15, 0.2) is 6.39 Å². The topological polar surface area (TPSA) is 65.0 Å². The lowest BCUT2D eigenvalue weighted by molar-refractivity contribution is 0.0551. The molecule has 22 heavy (non-hydrogen) atoms. The number of alkyl halides is 3. The van der Waals surface area contributed by atoms with Crippen molar-refractivity contribution in [1.29, 1.82) is 0 Å². The van der Waals surface area contributed by atoms with Gasteiger partial charge >= 0.3 is 11.3 Å². The number of oxazole rings is 1. The molecule has 0 N–H and O–H groups in total. The molecule has 3 aromatic rings. The Hall–Kier alpha value is -1.93. The predicted molar refractivity (Wildman–Crippen MR) is 76.8 cm³/mol. The first-order chi connectivity index (χ1) is 10.4. The van der Waals surface area contributed by atoms with Gasteiger partial charge in [-0.15, -0.1) is 0 Å². The Balaban J connectivity index is 1.93. The first kappa shape index (κ1) is 15.0. The van der Waals surface area contributed by atoms with E-state index in [1.807, 2.05) is 6.07 Å². The molecule has 0 aliphatic carbocycles. The Morgan fingerprint density at radius 1 is 1.32 bits per heavy atom. The maximum atomic E-state index is 12.9. The van der Waals surface area contributed by atoms with Crippen LogP contribution in [0.2, 0.25) is 0 Å². The standard InChI is InChI=1S/C13H8ClF2N3O2S/c14-13(15,16)12-18-11(19-21-12)8-3-1-2-7(4-8)10(22)9-5-20-6-17-9/h1-6,10,22H. The fourth-order valence-corrected chi connectivity index (χ4v) is 2.20. The zero-order chi connectivity index (χ0) is 15.7. The number of hydrogen-bond donors (Lipinski definition) is 1. The number of benzene rings is 1. The molecule has 1 aromatic carbocycles. The van der Waals surface area contributed by atoms with Crippen LogP contribution in [-0.2, 0) is 5.38 Å². The van der Waals surface area contributed by atoms with Crippen LogP contribution in [0.5, 0.6) is 0 Å². The van der Waals surface area contributed by atoms with Gasteiger partial charge in [-0.1, -0.05) is 23.4 Å². The molecule has 5 nitrogen and oxygen atoms in total. The van der Waals surface area contributed by atoms with Crippen molar-refractivity contribution >= 4 is 24.2 Å². The summed E-state index contributed by atoms with van der Waals surface area (Å²) >= 11 is 9.31. The summed E-state index contributed by atoms with van der Waals surface area (Å²) in [4.78, 5) is 7.62. The van der Waals surface area contributed by atoms with Gasteiger partial charge in [-0.2, -0.15) is 26.4 Å². The van der Waals surface area contributed by atoms with Crippen LogP contribution in [-0.4, -0.2) is 15.1 Å². The van der Waals surface area contributed by atoms with Crippen molar-refractivity contribution in [2.45, 2.75) is 10.6 Å². The van der Waals surface area contributed by atoms with Crippen LogP contribution in [0.25, 0.3) is 11.4 Å². The summed E-state index contributed by atoms with van der Waals surface area (Å²) in [5.74, 6) is -0.939. The molecule has 0 aliphatic rings. The molecule has 1 unspecified atom stereocenters. The Morgan fingerprint density at radius 3 is 2.77 bits per heavy atom. The molecule has 0 radical (unpaired) electrons. The predicted octanol–water partition coefficient (Wildman–Crippen LogP) is 4.03. The minimum absolute atomic E-state index is 0.0119. The molecule has 2 heterocycles. The van der Waals surface area contributed by atoms with E-state index < -0.39 is 11.3 Å². The molecule has 1 atom stereocenters. The number of thiol groups is 1. The normalized spacial score (nSPS) is 13.3. The number of rotatable bonds is 4. The smallest absolute Gasteiger partial charge is 0.400 e. The number of hydrogen-bond acceptors (Lipinski definition) is 6. The molecule has 0 saturated heterocycles. The van der Waals surface area contributed by atoms with Crippen molar-refractivity contribution in [3.63, 3.8) is 0 Å². The Labute approximate surface area is 133 Å². The van der Waals surface area contributed by atoms with Crippen molar-refractivity contribution in [2.24, 2.45) is 0 Å². The Bertz CT molecular complexity index is 774. The van der Waals surface area contributed by atoms with Crippen LogP contribution in [0.15, 0.2) is 45.9 Å². The Morgan fingerprint density at radius 2 is 2.14 bits per heavy atom. The summed E-state index contributed by atoms with van der Waals surface area (Å²) in [6, 6.07) is 6.90. The average molecular weight is 344 g/mol. The molecule has 114 valence electrons. The summed E-state index contributed by atoms with van der Waals surface area (Å²) in [5.41, 5.74) is 1.90. The van der Waals surface area contributed by atoms with E-state index in [1.165, 1.54) is 12.7 Å². The molecule has 0 aliphatic heterocycles. The number of nitrogens with zero attached hydrogens (tertiary/aromatic N) is 3. The second-order valence-electron chi connectivity index (χ2n) is 4.36. The van der Waals surface area contributed by atoms with E-state index in [0.717, 1.165) is 5.56 Å². The average Bonchev–Trinajstić information content (AvgIpc) is 3.17. The third-order valence-electron chi connectivity index (χ3n) is 2.86. The van der Waals surface area contributed by atoms with Crippen LogP contribution >= 0.6 is 24.2 Å². The van der Waals surface area contributed by atoms with Gasteiger partial charge in [-0.3, -0.25) is 0 Å². The molecule has 9 heteroatoms. The van der Waals surface area contributed by atoms with Gasteiger partial charge in [0.2, 0.25) is 5.82 Å². The van der Waals surface area contributed by atoms with Gasteiger partial charge in [-0.05, 0) is 23.2 Å². The minimum Gasteiger partial charge on any atom is -0.451 e. The fraction of sp³-hybridized carbons (Fsp3) is 0.154. The lowest BCUT2D eigenvalue weighted by Gasteiger charge is -2.08. The Kier molecular flexibility index (Phi) is 3.88. The zero-order valence-corrected chi connectivity index (χ0v) is 12.4. The van der Waals surface area contributed by atoms with Crippen molar-refractivity contribution in [1.82, 2.24) is 15.1 Å². The van der Waals surface area contributed by atoms with E-state index in [9.17, 15) is 8.78 Å². The molecule has 3 rings (SSSR count). The third kappa shape index (κ3) is 2.97. The summed E-state index contributed by atoms with van der Waals surface area (Å²) in [6.45, 7) is 0. The molecular weight excluding hydrogens is 336 g/mol. The molecule has 2 aromatic heterocycles. The lowest BCUT2D eigenvalue weighted by Crippen LogP contribution is -2.03. The summed E-state index contributed by atoms with van der Waals surface area (Å²) in [5, 5.41) is -0.526. The van der Waals surface area contributed by atoms with Crippen LogP contribution in [0, 0.1) is 0 Å². The van der Waals surface area contributed by atoms with E-state index in [2.05, 4.69) is 32.3 Å². The van der Waals surface area contributed by atoms with Crippen molar-refractivity contribution in [3.8, 4) is 11.4 Å². The highest BCUT2D eigenvalue weighted by Gasteiger charge is 2.35. The van der Waals surface area contributed by atoms with Crippen LogP contribution in [0.4, 0.5) is 8.78 Å². The van der Waals surface area contributed by atoms with Gasteiger partial charge < -0.3 is 8.94 Å². The van der Waals surface area contributed by atoms with Crippen molar-refractivity contribution in [3.05, 3.63) is 54.1 Å². The quantitative estimate of drug-likeness (QED) is 0.572. The highest BCUT2D eigenvalue weighted by Crippen LogP contribution is 2.33. The van der Waals surface area contributed by atoms with Crippen molar-refractivity contribution in [2.75, 3.05) is 0 Å². The molecule has 0 saturated carbocycles. The number of halogens is 3. The summed E-state index contributed by atoms with van der Waals surface area (Å²) in [7, 11) is 0. The summed E-state index contributed by atoms with van der Waals surface area (Å²) < 4.78 is 35.2. The molecule has 0 bridgehead atoms. The minimum atomic E-state index is -3.70. The molecular formula is C13H8ClF2N3O2S. The van der Waals surface area contributed by atoms with E-state index in [-0.39, 0.29) is 11.1 Å². The summed E-state index contributed by atoms with van der Waals surface area (Å²) in [6.07, 6.45) is 2.78. The molecule has 0 spiro atoms. The first-order valence-corrected chi connectivity index (χ1v) is 6.92. The van der Waals surface area contributed by atoms with E-state index in [4.69, 9.17) is 16.0 Å². The monoisotopic (exact) mass is 343 g/mol. The van der Waals surface area contributed by atoms with Gasteiger partial charge in [0, 0.05) is 5.56 Å². The van der Waals surface area contributed by atoms with Gasteiger partial charge in [0.1, 0.15) is 6.26 Å². The largest absolute Gasteiger partial charge is 0.451 e. The zero-order valence-electron chi connectivity index (χ0n) is 10.8. The van der Waals surface area contributed by atoms with Crippen LogP contribution < -0.4 is 0 Å². The van der Waals surface area contributed by atoms with Crippen LogP contribution in [0.3, 0.4) is 0 Å². The van der Waals surface area contributed by atoms with Gasteiger partial charge in [0.05, 0.1) is 10.9 Å². The fourth-order valence-electron chi connectivity index (χ4n) is 1.83. The maximum Gasteiger partial charge on any atom is 0.400 e. The van der Waals surface area contributed by atoms with E-state index in [1.54, 1.807) is 18.2 Å². The SMILES string of the molecule is FC(F)(Cl)c1nc(-c2cccc(C(S)c3cocn3)c2)no1. The van der Waals surface area contributed by atoms with Gasteiger partial charge in [-0.25, -0.2) is 4.98 Å². The first-order valence-electron chi connectivity index (χ1n) is 6.02. The second-order valence-corrected chi connectivity index (χ2v) is 5.35. The van der Waals surface area contributed by atoms with Crippen molar-refractivity contribution < 1.29 is 17.7 Å². The second kappa shape index (κ2) is 5.69.